The second-order valence-electron chi connectivity index (χ2n) is 12.1. The Morgan fingerprint density at radius 1 is 0.905 bits per heavy atom. The number of carbonyl (C=O) groups is 5. The van der Waals surface area contributed by atoms with Crippen molar-refractivity contribution < 1.29 is 67.7 Å². The van der Waals surface area contributed by atoms with E-state index in [-0.39, 0.29) is 18.4 Å². The summed E-state index contributed by atoms with van der Waals surface area (Å²) in [6.07, 6.45) is -7.91. The molecule has 4 aliphatic rings. The lowest BCUT2D eigenvalue weighted by atomic mass is 9.51. The Labute approximate surface area is 242 Å². The third-order valence-corrected chi connectivity index (χ3v) is 9.23. The molecule has 0 aromatic rings. The van der Waals surface area contributed by atoms with Gasteiger partial charge in [0.25, 0.3) is 0 Å². The number of epoxide rings is 1. The van der Waals surface area contributed by atoms with Gasteiger partial charge in [0.15, 0.2) is 17.3 Å². The Bertz CT molecular complexity index is 1210. The van der Waals surface area contributed by atoms with E-state index in [9.17, 15) is 39.3 Å². The molecule has 234 valence electrons. The summed E-state index contributed by atoms with van der Waals surface area (Å²) in [4.78, 5) is 62.3. The quantitative estimate of drug-likeness (QED) is 0.160. The minimum Gasteiger partial charge on any atom is -0.462 e. The van der Waals surface area contributed by atoms with Crippen LogP contribution in [0.15, 0.2) is 11.6 Å². The first kappa shape index (κ1) is 31.9. The van der Waals surface area contributed by atoms with Crippen molar-refractivity contribution in [3.8, 4) is 0 Å². The Hall–Kier alpha value is -3.07. The molecule has 0 aromatic carbocycles. The Morgan fingerprint density at radius 3 is 1.95 bits per heavy atom. The smallest absolute Gasteiger partial charge is 0.342 e. The van der Waals surface area contributed by atoms with Gasteiger partial charge < -0.3 is 43.7 Å². The van der Waals surface area contributed by atoms with Crippen LogP contribution in [0.25, 0.3) is 0 Å². The lowest BCUT2D eigenvalue weighted by Crippen LogP contribution is -2.72. The van der Waals surface area contributed by atoms with E-state index in [2.05, 4.69) is 0 Å². The first-order valence-electron chi connectivity index (χ1n) is 13.7. The van der Waals surface area contributed by atoms with Gasteiger partial charge in [-0.2, -0.15) is 0 Å². The monoisotopic (exact) mass is 598 g/mol. The average Bonchev–Trinajstić information content (AvgIpc) is 3.43. The number of rotatable bonds is 5. The molecule has 3 N–H and O–H groups in total. The molecule has 0 amide bonds. The van der Waals surface area contributed by atoms with Crippen LogP contribution in [0, 0.1) is 11.3 Å². The fourth-order valence-electron chi connectivity index (χ4n) is 7.16. The molecule has 2 aliphatic heterocycles. The van der Waals surface area contributed by atoms with Gasteiger partial charge in [-0.05, 0) is 25.5 Å². The number of ether oxygens (including phenoxy) is 6. The first-order valence-corrected chi connectivity index (χ1v) is 13.7. The zero-order valence-corrected chi connectivity index (χ0v) is 24.6. The molecule has 4 rings (SSSR count). The van der Waals surface area contributed by atoms with Crippen LogP contribution in [-0.2, 0) is 52.4 Å². The molecule has 0 radical (unpaired) electrons. The molecule has 0 unspecified atom stereocenters. The van der Waals surface area contributed by atoms with Crippen molar-refractivity contribution in [3.63, 3.8) is 0 Å². The third kappa shape index (κ3) is 4.87. The van der Waals surface area contributed by atoms with Gasteiger partial charge >= 0.3 is 29.8 Å². The van der Waals surface area contributed by atoms with Gasteiger partial charge in [0, 0.05) is 46.5 Å². The van der Waals surface area contributed by atoms with Crippen molar-refractivity contribution in [1.82, 2.24) is 0 Å². The first-order chi connectivity index (χ1) is 19.3. The highest BCUT2D eigenvalue weighted by molar-refractivity contribution is 5.89. The van der Waals surface area contributed by atoms with Crippen molar-refractivity contribution in [2.24, 2.45) is 11.3 Å². The molecular formula is C28H38O14. The summed E-state index contributed by atoms with van der Waals surface area (Å²) < 4.78 is 34.1. The predicted molar refractivity (Wildman–Crippen MR) is 137 cm³/mol. The number of aliphatic hydroxyl groups is 3. The van der Waals surface area contributed by atoms with Gasteiger partial charge in [0.2, 0.25) is 0 Å². The highest BCUT2D eigenvalue weighted by Gasteiger charge is 2.88. The molecule has 11 atom stereocenters. The molecule has 14 nitrogen and oxygen atoms in total. The van der Waals surface area contributed by atoms with Crippen LogP contribution in [0.5, 0.6) is 0 Å². The van der Waals surface area contributed by atoms with E-state index in [1.807, 2.05) is 0 Å². The van der Waals surface area contributed by atoms with Gasteiger partial charge in [-0.1, -0.05) is 6.92 Å². The fourth-order valence-corrected chi connectivity index (χ4v) is 7.16. The minimum absolute atomic E-state index is 0.0644. The van der Waals surface area contributed by atoms with Gasteiger partial charge in [0.1, 0.15) is 24.9 Å². The predicted octanol–water partition coefficient (Wildman–Crippen LogP) is -0.373. The summed E-state index contributed by atoms with van der Waals surface area (Å²) in [7, 11) is 0. The number of hydrogen-bond donors (Lipinski definition) is 3. The minimum atomic E-state index is -2.13. The van der Waals surface area contributed by atoms with Crippen LogP contribution in [-0.4, -0.2) is 105 Å². The molecule has 0 aromatic heterocycles. The SMILES string of the molecule is CC(=O)OCC1=C[C@H]2OC(=O)[C@@]3(C)O[C@@]23[C@H](OC(C)=O)[C@@H]2[C@@](C)(O)[C@H](O)C[C@@H](OC(C)=O)[C@@]2(C)[C@H](OC(C)=O)C[C@@H]1O. The standard InChI is InChI=1S/C28H38O14/c1-12(29)37-11-16-8-21-28(27(7,42-28)24(35)41-21)23(40-15(4)32)22-25(5,19(9-17(16)33)38-13(2)30)20(39-14(3)31)10-18(34)26(22,6)36/h8,17-23,33-34,36H,9-11H2,1-7H3/t17-,18+,19+,20+,21+,22-,23+,25+,26-,27+,28+/m0/s1. The van der Waals surface area contributed by atoms with Crippen molar-refractivity contribution >= 4 is 29.8 Å². The summed E-state index contributed by atoms with van der Waals surface area (Å²) in [6, 6.07) is 0. The summed E-state index contributed by atoms with van der Waals surface area (Å²) in [6.45, 7) is 8.30. The lowest BCUT2D eigenvalue weighted by Gasteiger charge is -2.59. The molecule has 14 heteroatoms. The van der Waals surface area contributed by atoms with Crippen LogP contribution in [0.4, 0.5) is 0 Å². The zero-order valence-electron chi connectivity index (χ0n) is 24.6. The van der Waals surface area contributed by atoms with E-state index in [1.54, 1.807) is 0 Å². The molecule has 2 aliphatic carbocycles. The summed E-state index contributed by atoms with van der Waals surface area (Å²) in [5, 5.41) is 34.7. The van der Waals surface area contributed by atoms with E-state index in [0.717, 1.165) is 27.7 Å². The van der Waals surface area contributed by atoms with Crippen LogP contribution < -0.4 is 0 Å². The number of aliphatic hydroxyl groups excluding tert-OH is 2. The van der Waals surface area contributed by atoms with Crippen molar-refractivity contribution in [2.45, 2.75) is 115 Å². The maximum absolute atomic E-state index is 13.2. The molecule has 42 heavy (non-hydrogen) atoms. The largest absolute Gasteiger partial charge is 0.462 e. The fraction of sp³-hybridized carbons (Fsp3) is 0.750. The normalized spacial score (nSPS) is 44.2. The second kappa shape index (κ2) is 10.6. The number of fused-ring (bicyclic) bond motifs is 1. The van der Waals surface area contributed by atoms with Gasteiger partial charge in [0.05, 0.1) is 23.2 Å². The van der Waals surface area contributed by atoms with Crippen LogP contribution in [0.3, 0.4) is 0 Å². The third-order valence-electron chi connectivity index (χ3n) is 9.23. The summed E-state index contributed by atoms with van der Waals surface area (Å²) >= 11 is 0. The highest BCUT2D eigenvalue weighted by atomic mass is 16.7. The Balaban J connectivity index is 2.06. The Morgan fingerprint density at radius 2 is 1.45 bits per heavy atom. The molecular weight excluding hydrogens is 560 g/mol. The van der Waals surface area contributed by atoms with Crippen LogP contribution in [0.1, 0.15) is 61.3 Å². The molecule has 2 saturated heterocycles. The van der Waals surface area contributed by atoms with Crippen molar-refractivity contribution in [3.05, 3.63) is 11.6 Å². The van der Waals surface area contributed by atoms with Crippen molar-refractivity contribution in [2.75, 3.05) is 6.61 Å². The van der Waals surface area contributed by atoms with E-state index >= 15 is 0 Å². The molecule has 3 fully saturated rings. The lowest BCUT2D eigenvalue weighted by molar-refractivity contribution is -0.275. The van der Waals surface area contributed by atoms with Crippen LogP contribution >= 0.6 is 0 Å². The van der Waals surface area contributed by atoms with Gasteiger partial charge in [-0.15, -0.1) is 0 Å². The number of hydrogen-bond acceptors (Lipinski definition) is 14. The molecule has 1 saturated carbocycles. The zero-order chi connectivity index (χ0) is 31.6. The molecule has 1 spiro atoms. The average molecular weight is 599 g/mol. The van der Waals surface area contributed by atoms with E-state index < -0.39 is 101 Å². The number of carbonyl (C=O) groups excluding carboxylic acids is 5. The van der Waals surface area contributed by atoms with Gasteiger partial charge in [-0.25, -0.2) is 4.79 Å². The highest BCUT2D eigenvalue weighted by Crippen LogP contribution is 2.66. The Kier molecular flexibility index (Phi) is 8.02. The maximum Gasteiger partial charge on any atom is 0.342 e. The van der Waals surface area contributed by atoms with Gasteiger partial charge in [-0.3, -0.25) is 19.2 Å². The number of esters is 5. The van der Waals surface area contributed by atoms with E-state index in [1.165, 1.54) is 26.8 Å². The van der Waals surface area contributed by atoms with Crippen molar-refractivity contribution in [1.29, 1.82) is 0 Å². The summed E-state index contributed by atoms with van der Waals surface area (Å²) in [5.41, 5.74) is -7.28. The molecule has 2 heterocycles. The second-order valence-corrected chi connectivity index (χ2v) is 12.1. The topological polar surface area (TPSA) is 205 Å². The van der Waals surface area contributed by atoms with Crippen LogP contribution in [0.2, 0.25) is 0 Å². The summed E-state index contributed by atoms with van der Waals surface area (Å²) in [5.74, 6) is -5.31. The van der Waals surface area contributed by atoms with E-state index in [0.29, 0.717) is 0 Å². The van der Waals surface area contributed by atoms with E-state index in [4.69, 9.17) is 28.4 Å². The molecule has 0 bridgehead atoms. The maximum atomic E-state index is 13.2.